The predicted molar refractivity (Wildman–Crippen MR) is 174 cm³/mol. The molecule has 6 rings (SSSR count). The average Bonchev–Trinajstić information content (AvgIpc) is 3.69. The number of hydrogen-bond donors (Lipinski definition) is 0. The Labute approximate surface area is 266 Å². The van der Waals surface area contributed by atoms with E-state index in [0.717, 1.165) is 50.4 Å². The molecule has 8 nitrogen and oxygen atoms in total. The molecule has 220 valence electrons. The van der Waals surface area contributed by atoms with Gasteiger partial charge in [0.25, 0.3) is 11.5 Å². The van der Waals surface area contributed by atoms with Crippen LogP contribution in [-0.4, -0.2) is 51.9 Å². The van der Waals surface area contributed by atoms with Gasteiger partial charge in [0.05, 0.1) is 48.0 Å². The third kappa shape index (κ3) is 5.98. The number of amides is 1. The maximum absolute atomic E-state index is 13.9. The van der Waals surface area contributed by atoms with Crippen LogP contribution < -0.4 is 15.0 Å². The highest BCUT2D eigenvalue weighted by atomic mass is 79.9. The summed E-state index contributed by atoms with van der Waals surface area (Å²) in [7, 11) is 3.19. The summed E-state index contributed by atoms with van der Waals surface area (Å²) in [5.41, 5.74) is 5.18. The molecular formula is C32H29BrN4O4S2. The first-order chi connectivity index (χ1) is 20.9. The number of carbonyl (C=O) groups excluding carboxylic acids is 1. The highest BCUT2D eigenvalue weighted by Gasteiger charge is 2.34. The number of hydrazone groups is 1. The summed E-state index contributed by atoms with van der Waals surface area (Å²) in [6.45, 7) is 2.01. The molecule has 0 spiro atoms. The van der Waals surface area contributed by atoms with E-state index in [1.807, 2.05) is 73.7 Å². The molecule has 1 amide bonds. The third-order valence-electron chi connectivity index (χ3n) is 7.42. The lowest BCUT2D eigenvalue weighted by Crippen LogP contribution is -2.29. The Morgan fingerprint density at radius 1 is 1.05 bits per heavy atom. The fraction of sp³-hybridized carbons (Fsp3) is 0.250. The van der Waals surface area contributed by atoms with Gasteiger partial charge in [-0.1, -0.05) is 63.6 Å². The molecule has 1 unspecified atom stereocenters. The summed E-state index contributed by atoms with van der Waals surface area (Å²) in [4.78, 5) is 33.1. The topological polar surface area (TPSA) is 86.0 Å². The molecule has 1 atom stereocenters. The SMILES string of the molecule is COc1ccc(C2CC(c3ccc(Br)cc3)=NN2C(=O)CSc2nc3c(c(=O)n2-c2ccc(C)cc2)SCC3)cc1OC. The molecule has 11 heteroatoms. The van der Waals surface area contributed by atoms with Crippen LogP contribution in [0.2, 0.25) is 0 Å². The first-order valence-corrected chi connectivity index (χ1v) is 16.5. The van der Waals surface area contributed by atoms with E-state index in [2.05, 4.69) is 15.9 Å². The molecule has 0 saturated carbocycles. The number of hydrogen-bond acceptors (Lipinski definition) is 8. The van der Waals surface area contributed by atoms with Gasteiger partial charge in [0.2, 0.25) is 0 Å². The van der Waals surface area contributed by atoms with Crippen molar-refractivity contribution in [3.05, 3.63) is 104 Å². The fourth-order valence-corrected chi connectivity index (χ4v) is 7.35. The maximum Gasteiger partial charge on any atom is 0.272 e. The molecule has 43 heavy (non-hydrogen) atoms. The van der Waals surface area contributed by atoms with Crippen LogP contribution in [0.25, 0.3) is 5.69 Å². The van der Waals surface area contributed by atoms with Crippen LogP contribution in [-0.2, 0) is 11.2 Å². The number of carbonyl (C=O) groups is 1. The molecule has 0 fully saturated rings. The quantitative estimate of drug-likeness (QED) is 0.157. The Balaban J connectivity index is 1.33. The van der Waals surface area contributed by atoms with Gasteiger partial charge in [0.15, 0.2) is 16.7 Å². The molecule has 0 aliphatic carbocycles. The van der Waals surface area contributed by atoms with Crippen LogP contribution >= 0.6 is 39.5 Å². The largest absolute Gasteiger partial charge is 0.493 e. The minimum Gasteiger partial charge on any atom is -0.493 e. The minimum atomic E-state index is -0.338. The molecule has 0 radical (unpaired) electrons. The monoisotopic (exact) mass is 676 g/mol. The van der Waals surface area contributed by atoms with Crippen LogP contribution in [0.5, 0.6) is 11.5 Å². The number of thioether (sulfide) groups is 2. The number of benzene rings is 3. The lowest BCUT2D eigenvalue weighted by molar-refractivity contribution is -0.130. The van der Waals surface area contributed by atoms with Gasteiger partial charge in [-0.15, -0.1) is 11.8 Å². The Bertz CT molecular complexity index is 1770. The zero-order valence-corrected chi connectivity index (χ0v) is 27.1. The van der Waals surface area contributed by atoms with Crippen molar-refractivity contribution in [2.24, 2.45) is 5.10 Å². The number of ether oxygens (including phenoxy) is 2. The molecule has 1 aromatic heterocycles. The second kappa shape index (κ2) is 12.6. The van der Waals surface area contributed by atoms with E-state index in [1.54, 1.807) is 35.6 Å². The molecule has 3 heterocycles. The number of fused-ring (bicyclic) bond motifs is 1. The Morgan fingerprint density at radius 2 is 1.79 bits per heavy atom. The van der Waals surface area contributed by atoms with E-state index in [9.17, 15) is 9.59 Å². The zero-order chi connectivity index (χ0) is 30.1. The molecule has 0 saturated heterocycles. The van der Waals surface area contributed by atoms with Gasteiger partial charge in [0.1, 0.15) is 0 Å². The van der Waals surface area contributed by atoms with Gasteiger partial charge in [-0.05, 0) is 54.4 Å². The number of nitrogens with zero attached hydrogens (tertiary/aromatic N) is 4. The summed E-state index contributed by atoms with van der Waals surface area (Å²) in [5.74, 6) is 1.90. The highest BCUT2D eigenvalue weighted by Crippen LogP contribution is 2.38. The Morgan fingerprint density at radius 3 is 2.51 bits per heavy atom. The van der Waals surface area contributed by atoms with Gasteiger partial charge in [-0.2, -0.15) is 5.10 Å². The van der Waals surface area contributed by atoms with E-state index in [0.29, 0.717) is 28.0 Å². The summed E-state index contributed by atoms with van der Waals surface area (Å²) >= 11 is 6.30. The van der Waals surface area contributed by atoms with Gasteiger partial charge in [0, 0.05) is 23.1 Å². The first kappa shape index (κ1) is 29.5. The molecule has 3 aromatic carbocycles. The smallest absolute Gasteiger partial charge is 0.272 e. The lowest BCUT2D eigenvalue weighted by atomic mass is 9.98. The van der Waals surface area contributed by atoms with E-state index >= 15 is 0 Å². The average molecular weight is 678 g/mol. The molecule has 2 aliphatic rings. The summed E-state index contributed by atoms with van der Waals surface area (Å²) in [6, 6.07) is 21.0. The van der Waals surface area contributed by atoms with Gasteiger partial charge in [-0.3, -0.25) is 14.2 Å². The third-order valence-corrected chi connectivity index (χ3v) is 9.98. The van der Waals surface area contributed by atoms with Crippen molar-refractivity contribution >= 4 is 51.1 Å². The van der Waals surface area contributed by atoms with Crippen molar-refractivity contribution in [1.29, 1.82) is 0 Å². The Kier molecular flexibility index (Phi) is 8.65. The summed E-state index contributed by atoms with van der Waals surface area (Å²) < 4.78 is 13.6. The maximum atomic E-state index is 13.9. The molecule has 0 N–H and O–H groups in total. The van der Waals surface area contributed by atoms with Gasteiger partial charge < -0.3 is 9.47 Å². The molecular weight excluding hydrogens is 648 g/mol. The Hall–Kier alpha value is -3.54. The number of methoxy groups -OCH3 is 2. The van der Waals surface area contributed by atoms with Crippen molar-refractivity contribution in [3.8, 4) is 17.2 Å². The van der Waals surface area contributed by atoms with Crippen molar-refractivity contribution in [3.63, 3.8) is 0 Å². The first-order valence-electron chi connectivity index (χ1n) is 13.7. The van der Waals surface area contributed by atoms with Gasteiger partial charge >= 0.3 is 0 Å². The van der Waals surface area contributed by atoms with Crippen molar-refractivity contribution in [2.75, 3.05) is 25.7 Å². The number of aryl methyl sites for hydroxylation is 2. The van der Waals surface area contributed by atoms with Crippen LogP contribution in [0.1, 0.15) is 34.8 Å². The second-order valence-corrected chi connectivity index (χ2v) is 13.1. The van der Waals surface area contributed by atoms with Crippen molar-refractivity contribution < 1.29 is 14.3 Å². The van der Waals surface area contributed by atoms with E-state index < -0.39 is 0 Å². The zero-order valence-electron chi connectivity index (χ0n) is 23.9. The highest BCUT2D eigenvalue weighted by molar-refractivity contribution is 9.10. The molecule has 2 aliphatic heterocycles. The minimum absolute atomic E-state index is 0.0607. The van der Waals surface area contributed by atoms with E-state index in [4.69, 9.17) is 19.6 Å². The summed E-state index contributed by atoms with van der Waals surface area (Å²) in [6.07, 6.45) is 1.27. The second-order valence-electron chi connectivity index (χ2n) is 10.2. The van der Waals surface area contributed by atoms with Crippen LogP contribution in [0, 0.1) is 6.92 Å². The van der Waals surface area contributed by atoms with E-state index in [-0.39, 0.29) is 23.3 Å². The van der Waals surface area contributed by atoms with Crippen LogP contribution in [0.3, 0.4) is 0 Å². The normalized spacial score (nSPS) is 15.8. The standard InChI is InChI=1S/C32H29BrN4O4S2/c1-19-4-11-23(12-5-19)36-31(39)30-24(14-15-42-30)34-32(36)43-18-29(38)37-26(21-8-13-27(40-2)28(16-21)41-3)17-25(35-37)20-6-9-22(33)10-7-20/h4-13,16,26H,14-15,17-18H2,1-3H3. The lowest BCUT2D eigenvalue weighted by Gasteiger charge is -2.23. The molecule has 0 bridgehead atoms. The number of halogens is 1. The van der Waals surface area contributed by atoms with Crippen molar-refractivity contribution in [2.45, 2.75) is 35.9 Å². The van der Waals surface area contributed by atoms with Crippen LogP contribution in [0.4, 0.5) is 0 Å². The van der Waals surface area contributed by atoms with Crippen LogP contribution in [0.15, 0.2) is 91.2 Å². The number of aromatic nitrogens is 2. The van der Waals surface area contributed by atoms with Crippen molar-refractivity contribution in [1.82, 2.24) is 14.6 Å². The summed E-state index contributed by atoms with van der Waals surface area (Å²) in [5, 5.41) is 6.89. The van der Waals surface area contributed by atoms with E-state index in [1.165, 1.54) is 11.8 Å². The predicted octanol–water partition coefficient (Wildman–Crippen LogP) is 6.44. The number of rotatable bonds is 8. The molecule has 4 aromatic rings. The fourth-order valence-electron chi connectivity index (χ4n) is 5.18. The van der Waals surface area contributed by atoms with Gasteiger partial charge in [-0.25, -0.2) is 9.99 Å².